The van der Waals surface area contributed by atoms with Crippen molar-refractivity contribution in [1.29, 1.82) is 0 Å². The lowest BCUT2D eigenvalue weighted by Crippen LogP contribution is -2.62. The third-order valence-corrected chi connectivity index (χ3v) is 16.6. The molecule has 0 spiro atoms. The van der Waals surface area contributed by atoms with Gasteiger partial charge in [0.1, 0.15) is 54.4 Å². The van der Waals surface area contributed by atoms with Crippen LogP contribution in [0.25, 0.3) is 10.9 Å². The van der Waals surface area contributed by atoms with Gasteiger partial charge in [0.2, 0.25) is 76.8 Å². The van der Waals surface area contributed by atoms with E-state index in [0.717, 1.165) is 26.2 Å². The highest BCUT2D eigenvalue weighted by molar-refractivity contribution is 6.01. The standard InChI is InChI=1S/C66H101N15O18/c1-8-35(5)17-13-14-20-40(83)28-53(88)73-47(29-50(68)85)63(95)79-55(34(3)4)65(97)78-44(25-38-18-11-10-12-19-38)58(90)76-49(31-52(70)87)60(92)77-48(30-51(69)86)59(91)75-46(27-41(84)23-24-67)62(94)81-57(37(7)82)64(96)72-33-54(89)74-45(61(93)80-56(66(98)99)36(6)9-2)26-39-32-71-43-22-16-15-21-42(39)43/h10-12,15-16,18-19,21-22,32,34-37,40-41,44-49,55-57,71,82-84H,8-9,13-14,17,20,23-31,33,67H2,1-7H3,(H2,68,85)(H2,69,86)(H2,70,87)(H,72,96)(H,73,88)(H,74,89)(H,75,91)(H,76,90)(H,77,92)(H,78,97)(H,79,95)(H,80,93)(H,81,94)(H,98,99)/t35?,36-,37+,40?,41+,44+,45+,46-,47+,48+,49-,55+,56+,57+/m0/s1. The third-order valence-electron chi connectivity index (χ3n) is 16.6. The molecule has 0 saturated heterocycles. The lowest BCUT2D eigenvalue weighted by molar-refractivity contribution is -0.143. The van der Waals surface area contributed by atoms with Gasteiger partial charge in [-0.25, -0.2) is 4.79 Å². The van der Waals surface area contributed by atoms with Gasteiger partial charge in [-0.3, -0.25) is 62.3 Å². The fourth-order valence-corrected chi connectivity index (χ4v) is 10.5. The zero-order valence-electron chi connectivity index (χ0n) is 57.1. The summed E-state index contributed by atoms with van der Waals surface area (Å²) in [5.74, 6) is -16.4. The van der Waals surface area contributed by atoms with E-state index < -0.39 is 206 Å². The highest BCUT2D eigenvalue weighted by Gasteiger charge is 2.38. The van der Waals surface area contributed by atoms with Gasteiger partial charge < -0.3 is 102 Å². The Hall–Kier alpha value is -9.60. The highest BCUT2D eigenvalue weighted by atomic mass is 16.4. The first-order valence-electron chi connectivity index (χ1n) is 33.1. The monoisotopic (exact) mass is 1390 g/mol. The lowest BCUT2D eigenvalue weighted by Gasteiger charge is -2.29. The third kappa shape index (κ3) is 29.6. The number of unbranched alkanes of at least 4 members (excludes halogenated alkanes) is 1. The number of primary amides is 3. The highest BCUT2D eigenvalue weighted by Crippen LogP contribution is 2.21. The number of carboxylic acid groups (broad SMARTS) is 1. The number of aliphatic hydroxyl groups is 3. The summed E-state index contributed by atoms with van der Waals surface area (Å²) in [5.41, 5.74) is 23.9. The molecular weight excluding hydrogens is 1290 g/mol. The van der Waals surface area contributed by atoms with Gasteiger partial charge in [-0.05, 0) is 61.3 Å². The van der Waals surface area contributed by atoms with E-state index in [9.17, 15) is 87.5 Å². The molecular formula is C66H101N15O18. The fraction of sp³-hybridized carbons (Fsp3) is 0.576. The largest absolute Gasteiger partial charge is 0.480 e. The van der Waals surface area contributed by atoms with Gasteiger partial charge in [0.05, 0.1) is 50.5 Å². The van der Waals surface area contributed by atoms with Crippen LogP contribution in [0.4, 0.5) is 0 Å². The maximum absolute atomic E-state index is 14.4. The number of nitrogens with one attached hydrogen (secondary N) is 11. The second kappa shape index (κ2) is 42.3. The number of benzene rings is 2. The Morgan fingerprint density at radius 1 is 0.475 bits per heavy atom. The molecule has 33 heteroatoms. The summed E-state index contributed by atoms with van der Waals surface area (Å²) < 4.78 is 0. The average Bonchev–Trinajstić information content (AvgIpc) is 1.72. The molecule has 2 aromatic carbocycles. The number of aliphatic carboxylic acids is 1. The van der Waals surface area contributed by atoms with Crippen LogP contribution in [0.15, 0.2) is 60.8 Å². The number of aromatic nitrogens is 1. The number of carboxylic acids is 1. The predicted octanol–water partition coefficient (Wildman–Crippen LogP) is -3.32. The number of H-pyrrole nitrogens is 1. The van der Waals surface area contributed by atoms with Crippen molar-refractivity contribution in [3.8, 4) is 0 Å². The minimum Gasteiger partial charge on any atom is -0.480 e. The number of fused-ring (bicyclic) bond motifs is 1. The molecule has 14 atom stereocenters. The molecule has 33 nitrogen and oxygen atoms in total. The number of aliphatic hydroxyl groups excluding tert-OH is 3. The van der Waals surface area contributed by atoms with Crippen LogP contribution in [0, 0.1) is 17.8 Å². The van der Waals surface area contributed by atoms with Crippen LogP contribution >= 0.6 is 0 Å². The molecule has 0 aliphatic carbocycles. The maximum Gasteiger partial charge on any atom is 0.326 e. The van der Waals surface area contributed by atoms with E-state index in [1.165, 1.54) is 13.8 Å². The zero-order valence-corrected chi connectivity index (χ0v) is 57.1. The Bertz CT molecular complexity index is 3240. The SMILES string of the molecule is CCC(C)CCCCC(O)CC(=O)N[C@H](CC(N)=O)C(=O)N[C@@H](C(=O)N[C@H](Cc1ccccc1)C(=O)N[C@@H](CC(N)=O)C(=O)N[C@H](CC(N)=O)C(=O)N[C@@H](C[C@H](O)CCN)C(=O)N[C@@H](C(=O)NCC(=O)N[C@H](Cc1c[nH]c2ccccc12)C(=O)N[C@@H](C(=O)O)[C@@H](C)CC)[C@@H](C)O)C(C)C. The summed E-state index contributed by atoms with van der Waals surface area (Å²) in [6, 6.07) is -0.164. The number of hydrogen-bond donors (Lipinski definition) is 19. The van der Waals surface area contributed by atoms with Gasteiger partial charge in [-0.15, -0.1) is 0 Å². The molecule has 0 radical (unpaired) electrons. The molecule has 548 valence electrons. The summed E-state index contributed by atoms with van der Waals surface area (Å²) in [5, 5.41) is 66.6. The van der Waals surface area contributed by atoms with E-state index in [-0.39, 0.29) is 25.8 Å². The van der Waals surface area contributed by atoms with E-state index in [1.54, 1.807) is 74.6 Å². The van der Waals surface area contributed by atoms with E-state index in [1.807, 2.05) is 0 Å². The van der Waals surface area contributed by atoms with Crippen molar-refractivity contribution in [2.75, 3.05) is 13.1 Å². The van der Waals surface area contributed by atoms with E-state index in [4.69, 9.17) is 22.9 Å². The zero-order chi connectivity index (χ0) is 74.2. The summed E-state index contributed by atoms with van der Waals surface area (Å²) in [6.45, 7) is 10.7. The number of aromatic amines is 1. The molecule has 0 bridgehead atoms. The Labute approximate surface area is 574 Å². The van der Waals surface area contributed by atoms with Crippen molar-refractivity contribution in [3.63, 3.8) is 0 Å². The van der Waals surface area contributed by atoms with Crippen LogP contribution in [0.2, 0.25) is 0 Å². The molecule has 3 rings (SSSR count). The first kappa shape index (κ1) is 83.6. The molecule has 3 aromatic rings. The molecule has 0 aliphatic heterocycles. The Kier molecular flexibility index (Phi) is 35.7. The first-order chi connectivity index (χ1) is 46.7. The van der Waals surface area contributed by atoms with Crippen molar-refractivity contribution < 1.29 is 87.5 Å². The molecule has 0 aliphatic rings. The normalized spacial score (nSPS) is 15.5. The second-order valence-corrected chi connectivity index (χ2v) is 25.3. The lowest BCUT2D eigenvalue weighted by atomic mass is 9.98. The van der Waals surface area contributed by atoms with E-state index in [0.29, 0.717) is 47.2 Å². The maximum atomic E-state index is 14.4. The van der Waals surface area contributed by atoms with E-state index in [2.05, 4.69) is 72.0 Å². The van der Waals surface area contributed by atoms with Crippen molar-refractivity contribution in [2.24, 2.45) is 40.7 Å². The van der Waals surface area contributed by atoms with Gasteiger partial charge in [-0.1, -0.05) is 122 Å². The average molecular weight is 1390 g/mol. The van der Waals surface area contributed by atoms with Crippen molar-refractivity contribution >= 4 is 93.7 Å². The fourth-order valence-electron chi connectivity index (χ4n) is 10.5. The summed E-state index contributed by atoms with van der Waals surface area (Å²) >= 11 is 0. The van der Waals surface area contributed by atoms with Crippen molar-refractivity contribution in [3.05, 3.63) is 71.9 Å². The summed E-state index contributed by atoms with van der Waals surface area (Å²) in [6.07, 6.45) is -2.94. The van der Waals surface area contributed by atoms with Gasteiger partial charge in [0, 0.05) is 36.4 Å². The van der Waals surface area contributed by atoms with Gasteiger partial charge in [-0.2, -0.15) is 0 Å². The second-order valence-electron chi connectivity index (χ2n) is 25.3. The smallest absolute Gasteiger partial charge is 0.326 e. The molecule has 0 fully saturated rings. The Morgan fingerprint density at radius 2 is 0.949 bits per heavy atom. The summed E-state index contributed by atoms with van der Waals surface area (Å²) in [7, 11) is 0. The van der Waals surface area contributed by atoms with Crippen LogP contribution in [-0.4, -0.2) is 194 Å². The quantitative estimate of drug-likeness (QED) is 0.0246. The molecule has 99 heavy (non-hydrogen) atoms. The van der Waals surface area contributed by atoms with Gasteiger partial charge in [0.15, 0.2) is 0 Å². The van der Waals surface area contributed by atoms with Crippen molar-refractivity contribution in [1.82, 2.24) is 58.2 Å². The van der Waals surface area contributed by atoms with Crippen LogP contribution in [0.1, 0.15) is 137 Å². The molecule has 2 unspecified atom stereocenters. The van der Waals surface area contributed by atoms with Crippen LogP contribution in [0.5, 0.6) is 0 Å². The Morgan fingerprint density at radius 3 is 1.49 bits per heavy atom. The number of para-hydroxylation sites is 1. The molecule has 13 amide bonds. The van der Waals surface area contributed by atoms with Gasteiger partial charge >= 0.3 is 5.97 Å². The van der Waals surface area contributed by atoms with Gasteiger partial charge in [0.25, 0.3) is 0 Å². The number of carbonyl (C=O) groups is 14. The van der Waals surface area contributed by atoms with Crippen LogP contribution in [0.3, 0.4) is 0 Å². The molecule has 1 aromatic heterocycles. The number of hydrogen-bond acceptors (Lipinski definition) is 18. The summed E-state index contributed by atoms with van der Waals surface area (Å²) in [4.78, 5) is 192. The topological polar surface area (TPSA) is 560 Å². The number of carbonyl (C=O) groups excluding carboxylic acids is 13. The molecule has 23 N–H and O–H groups in total. The molecule has 1 heterocycles. The van der Waals surface area contributed by atoms with Crippen LogP contribution in [-0.2, 0) is 80.0 Å². The van der Waals surface area contributed by atoms with Crippen LogP contribution < -0.4 is 76.1 Å². The minimum absolute atomic E-state index is 0.142. The number of rotatable bonds is 46. The van der Waals surface area contributed by atoms with E-state index >= 15 is 0 Å². The predicted molar refractivity (Wildman–Crippen MR) is 360 cm³/mol. The minimum atomic E-state index is -2.04. The van der Waals surface area contributed by atoms with Crippen molar-refractivity contribution in [2.45, 2.75) is 211 Å². The Balaban J connectivity index is 1.87. The molecule has 0 saturated carbocycles. The first-order valence-corrected chi connectivity index (χ1v) is 33.1. The number of amides is 13. The number of nitrogens with two attached hydrogens (primary N) is 4.